The molecule has 0 amide bonds. The van der Waals surface area contributed by atoms with Gasteiger partial charge in [-0.15, -0.1) is 0 Å². The normalized spacial score (nSPS) is 18.5. The summed E-state index contributed by atoms with van der Waals surface area (Å²) in [7, 11) is 0. The number of aliphatic hydroxyl groups excluding tert-OH is 1. The van der Waals surface area contributed by atoms with Crippen LogP contribution >= 0.6 is 0 Å². The molecule has 1 aromatic carbocycles. The molecule has 7 heteroatoms. The van der Waals surface area contributed by atoms with Crippen molar-refractivity contribution in [3.05, 3.63) is 34.9 Å². The molecule has 1 aliphatic rings. The van der Waals surface area contributed by atoms with E-state index in [1.165, 1.54) is 0 Å². The maximum atomic E-state index is 12.7. The maximum absolute atomic E-state index is 12.7. The highest BCUT2D eigenvalue weighted by molar-refractivity contribution is 5.37. The maximum Gasteiger partial charge on any atom is 0.417 e. The number of alkyl halides is 6. The van der Waals surface area contributed by atoms with Crippen molar-refractivity contribution in [3.63, 3.8) is 0 Å². The smallest absolute Gasteiger partial charge is 0.388 e. The minimum absolute atomic E-state index is 0.122. The van der Waals surface area contributed by atoms with E-state index in [1.54, 1.807) is 0 Å². The Bertz CT molecular complexity index is 472. The summed E-state index contributed by atoms with van der Waals surface area (Å²) < 4.78 is 75.5. The van der Waals surface area contributed by atoms with Gasteiger partial charge in [-0.05, 0) is 36.5 Å². The van der Waals surface area contributed by atoms with Crippen LogP contribution in [0.1, 0.15) is 35.6 Å². The van der Waals surface area contributed by atoms with Gasteiger partial charge in [-0.25, -0.2) is 0 Å². The molecule has 1 fully saturated rings. The van der Waals surface area contributed by atoms with Gasteiger partial charge in [-0.2, -0.15) is 26.3 Å². The van der Waals surface area contributed by atoms with E-state index >= 15 is 0 Å². The van der Waals surface area contributed by atoms with E-state index < -0.39 is 29.6 Å². The average molecular weight is 284 g/mol. The SMILES string of the molecule is OC(c1ccc(C(F)(F)F)c(C(F)(F)F)c1)C1CC1. The van der Waals surface area contributed by atoms with E-state index in [1.807, 2.05) is 0 Å². The molecule has 1 nitrogen and oxygen atoms in total. The number of hydrogen-bond donors (Lipinski definition) is 1. The molecular weight excluding hydrogens is 274 g/mol. The van der Waals surface area contributed by atoms with Crippen molar-refractivity contribution in [3.8, 4) is 0 Å². The largest absolute Gasteiger partial charge is 0.417 e. The van der Waals surface area contributed by atoms with Gasteiger partial charge in [0.05, 0.1) is 17.2 Å². The van der Waals surface area contributed by atoms with Crippen LogP contribution < -0.4 is 0 Å². The monoisotopic (exact) mass is 284 g/mol. The highest BCUT2D eigenvalue weighted by Gasteiger charge is 2.43. The number of benzene rings is 1. The molecule has 0 radical (unpaired) electrons. The lowest BCUT2D eigenvalue weighted by Crippen LogP contribution is -2.17. The van der Waals surface area contributed by atoms with Crippen molar-refractivity contribution in [1.82, 2.24) is 0 Å². The van der Waals surface area contributed by atoms with Gasteiger partial charge in [0.15, 0.2) is 0 Å². The second-order valence-electron chi connectivity index (χ2n) is 4.58. The van der Waals surface area contributed by atoms with E-state index in [9.17, 15) is 31.4 Å². The summed E-state index contributed by atoms with van der Waals surface area (Å²) in [6.45, 7) is 0. The van der Waals surface area contributed by atoms with E-state index in [0.717, 1.165) is 6.07 Å². The zero-order valence-corrected chi connectivity index (χ0v) is 9.52. The molecule has 0 saturated heterocycles. The summed E-state index contributed by atoms with van der Waals surface area (Å²) in [5.41, 5.74) is -3.60. The molecule has 1 aromatic rings. The molecule has 106 valence electrons. The molecule has 2 rings (SSSR count). The van der Waals surface area contributed by atoms with Crippen molar-refractivity contribution >= 4 is 0 Å². The third-order valence-corrected chi connectivity index (χ3v) is 3.06. The Morgan fingerprint density at radius 2 is 1.47 bits per heavy atom. The van der Waals surface area contributed by atoms with Crippen LogP contribution in [-0.2, 0) is 12.4 Å². The first-order valence-corrected chi connectivity index (χ1v) is 5.57. The van der Waals surface area contributed by atoms with Crippen molar-refractivity contribution in [1.29, 1.82) is 0 Å². The first-order valence-electron chi connectivity index (χ1n) is 5.57. The molecule has 1 aliphatic carbocycles. The van der Waals surface area contributed by atoms with Crippen molar-refractivity contribution < 1.29 is 31.4 Å². The fourth-order valence-corrected chi connectivity index (χ4v) is 1.91. The van der Waals surface area contributed by atoms with Crippen LogP contribution in [0, 0.1) is 5.92 Å². The summed E-state index contributed by atoms with van der Waals surface area (Å²) in [5.74, 6) is -0.155. The van der Waals surface area contributed by atoms with Gasteiger partial charge >= 0.3 is 12.4 Å². The lowest BCUT2D eigenvalue weighted by molar-refractivity contribution is -0.162. The Balaban J connectivity index is 2.47. The van der Waals surface area contributed by atoms with Crippen LogP contribution in [-0.4, -0.2) is 5.11 Å². The zero-order valence-electron chi connectivity index (χ0n) is 9.52. The highest BCUT2D eigenvalue weighted by atomic mass is 19.4. The topological polar surface area (TPSA) is 20.2 Å². The summed E-state index contributed by atoms with van der Waals surface area (Å²) in [6.07, 6.45) is -9.98. The predicted octanol–water partition coefficient (Wildman–Crippen LogP) is 4.17. The first kappa shape index (κ1) is 14.2. The van der Waals surface area contributed by atoms with Gasteiger partial charge in [0.1, 0.15) is 0 Å². The Hall–Kier alpha value is -1.24. The molecule has 0 bridgehead atoms. The molecule has 0 spiro atoms. The summed E-state index contributed by atoms with van der Waals surface area (Å²) >= 11 is 0. The highest BCUT2D eigenvalue weighted by Crippen LogP contribution is 2.45. The number of hydrogen-bond acceptors (Lipinski definition) is 1. The van der Waals surface area contributed by atoms with Crippen molar-refractivity contribution in [2.24, 2.45) is 5.92 Å². The van der Waals surface area contributed by atoms with Gasteiger partial charge in [0, 0.05) is 0 Å². The second-order valence-corrected chi connectivity index (χ2v) is 4.58. The minimum Gasteiger partial charge on any atom is -0.388 e. The molecule has 1 saturated carbocycles. The van der Waals surface area contributed by atoms with Gasteiger partial charge in [-0.1, -0.05) is 6.07 Å². The third-order valence-electron chi connectivity index (χ3n) is 3.06. The summed E-state index contributed by atoms with van der Waals surface area (Å²) in [4.78, 5) is 0. The van der Waals surface area contributed by atoms with Gasteiger partial charge < -0.3 is 5.11 Å². The molecule has 1 atom stereocenters. The average Bonchev–Trinajstić information content (AvgIpc) is 3.08. The number of halogens is 6. The van der Waals surface area contributed by atoms with Gasteiger partial charge in [-0.3, -0.25) is 0 Å². The van der Waals surface area contributed by atoms with Crippen LogP contribution in [0.4, 0.5) is 26.3 Å². The third kappa shape index (κ3) is 3.02. The van der Waals surface area contributed by atoms with Crippen molar-refractivity contribution in [2.75, 3.05) is 0 Å². The molecular formula is C12H10F6O. The molecule has 1 unspecified atom stereocenters. The minimum atomic E-state index is -5.11. The van der Waals surface area contributed by atoms with Crippen LogP contribution in [0.2, 0.25) is 0 Å². The Kier molecular flexibility index (Phi) is 3.28. The quantitative estimate of drug-likeness (QED) is 0.808. The molecule has 19 heavy (non-hydrogen) atoms. The van der Waals surface area contributed by atoms with Crippen LogP contribution in [0.3, 0.4) is 0 Å². The Labute approximate surface area is 104 Å². The lowest BCUT2D eigenvalue weighted by Gasteiger charge is -2.18. The lowest BCUT2D eigenvalue weighted by atomic mass is 9.98. The first-order chi connectivity index (χ1) is 8.60. The standard InChI is InChI=1S/C12H10F6O/c13-11(14,15)8-4-3-7(10(19)6-1-2-6)5-9(8)12(16,17)18/h3-6,10,19H,1-2H2. The number of aliphatic hydroxyl groups is 1. The summed E-state index contributed by atoms with van der Waals surface area (Å²) in [5, 5.41) is 9.70. The summed E-state index contributed by atoms with van der Waals surface area (Å²) in [6, 6.07) is 1.68. The fraction of sp³-hybridized carbons (Fsp3) is 0.500. The van der Waals surface area contributed by atoms with E-state index in [2.05, 4.69) is 0 Å². The van der Waals surface area contributed by atoms with Crippen LogP contribution in [0.15, 0.2) is 18.2 Å². The Morgan fingerprint density at radius 1 is 0.947 bits per heavy atom. The molecule has 0 heterocycles. The van der Waals surface area contributed by atoms with Gasteiger partial charge in [0.25, 0.3) is 0 Å². The van der Waals surface area contributed by atoms with E-state index in [0.29, 0.717) is 25.0 Å². The molecule has 0 aromatic heterocycles. The van der Waals surface area contributed by atoms with Gasteiger partial charge in [0.2, 0.25) is 0 Å². The second kappa shape index (κ2) is 4.40. The molecule has 1 N–H and O–H groups in total. The van der Waals surface area contributed by atoms with E-state index in [4.69, 9.17) is 0 Å². The Morgan fingerprint density at radius 3 is 1.89 bits per heavy atom. The van der Waals surface area contributed by atoms with E-state index in [-0.39, 0.29) is 11.5 Å². The fourth-order valence-electron chi connectivity index (χ4n) is 1.91. The zero-order chi connectivity index (χ0) is 14.4. The number of rotatable bonds is 2. The van der Waals surface area contributed by atoms with Crippen molar-refractivity contribution in [2.45, 2.75) is 31.3 Å². The predicted molar refractivity (Wildman–Crippen MR) is 54.1 cm³/mol. The van der Waals surface area contributed by atoms with Crippen LogP contribution in [0.5, 0.6) is 0 Å². The van der Waals surface area contributed by atoms with Crippen LogP contribution in [0.25, 0.3) is 0 Å². The molecule has 0 aliphatic heterocycles.